The van der Waals surface area contributed by atoms with Crippen LogP contribution in [0.1, 0.15) is 11.1 Å². The Kier molecular flexibility index (Phi) is 5.61. The molecule has 0 saturated heterocycles. The van der Waals surface area contributed by atoms with Crippen LogP contribution in [0.2, 0.25) is 0 Å². The van der Waals surface area contributed by atoms with Gasteiger partial charge in [0.25, 0.3) is 0 Å². The Bertz CT molecular complexity index is 2660. The lowest BCUT2D eigenvalue weighted by molar-refractivity contribution is 1.26. The van der Waals surface area contributed by atoms with E-state index in [0.29, 0.717) is 0 Å². The molecule has 1 heterocycles. The first-order valence-electron chi connectivity index (χ1n) is 16.0. The van der Waals surface area contributed by atoms with Gasteiger partial charge < -0.3 is 0 Å². The van der Waals surface area contributed by atoms with Gasteiger partial charge >= 0.3 is 0 Å². The zero-order chi connectivity index (χ0) is 30.2. The lowest BCUT2D eigenvalue weighted by Crippen LogP contribution is -1.87. The van der Waals surface area contributed by atoms with Gasteiger partial charge in [0.2, 0.25) is 0 Å². The van der Waals surface area contributed by atoms with Gasteiger partial charge in [0, 0.05) is 25.7 Å². The molecule has 214 valence electrons. The maximum absolute atomic E-state index is 2.44. The van der Waals surface area contributed by atoms with E-state index in [-0.39, 0.29) is 0 Å². The number of thiophene rings is 1. The first-order chi connectivity index (χ1) is 22.8. The number of fused-ring (bicyclic) bond motifs is 8. The van der Waals surface area contributed by atoms with E-state index in [1.165, 1.54) is 97.4 Å². The molecule has 0 amide bonds. The summed E-state index contributed by atoms with van der Waals surface area (Å²) in [7, 11) is 0. The summed E-state index contributed by atoms with van der Waals surface area (Å²) in [4.78, 5) is 0. The van der Waals surface area contributed by atoms with E-state index < -0.39 is 0 Å². The van der Waals surface area contributed by atoms with Crippen molar-refractivity contribution in [2.75, 3.05) is 0 Å². The van der Waals surface area contributed by atoms with Gasteiger partial charge in [-0.3, -0.25) is 0 Å². The molecule has 9 aromatic rings. The van der Waals surface area contributed by atoms with Crippen LogP contribution in [0.3, 0.4) is 0 Å². The summed E-state index contributed by atoms with van der Waals surface area (Å²) < 4.78 is 2.67. The van der Waals surface area contributed by atoms with Crippen molar-refractivity contribution in [1.29, 1.82) is 0 Å². The van der Waals surface area contributed by atoms with Crippen LogP contribution in [0, 0.1) is 0 Å². The Morgan fingerprint density at radius 2 is 0.913 bits per heavy atom. The topological polar surface area (TPSA) is 0 Å². The van der Waals surface area contributed by atoms with Crippen molar-refractivity contribution >= 4 is 53.1 Å². The van der Waals surface area contributed by atoms with Gasteiger partial charge in [0.1, 0.15) is 0 Å². The Morgan fingerprint density at radius 1 is 0.348 bits per heavy atom. The lowest BCUT2D eigenvalue weighted by Gasteiger charge is -2.13. The molecular weight excluding hydrogens is 573 g/mol. The summed E-state index contributed by atoms with van der Waals surface area (Å²) >= 11 is 1.92. The van der Waals surface area contributed by atoms with Gasteiger partial charge in [-0.25, -0.2) is 0 Å². The highest BCUT2D eigenvalue weighted by Crippen LogP contribution is 2.47. The molecule has 1 aromatic heterocycles. The van der Waals surface area contributed by atoms with Crippen molar-refractivity contribution in [3.63, 3.8) is 0 Å². The molecule has 1 aliphatic carbocycles. The lowest BCUT2D eigenvalue weighted by atomic mass is 9.91. The van der Waals surface area contributed by atoms with E-state index in [4.69, 9.17) is 0 Å². The molecule has 0 unspecified atom stereocenters. The van der Waals surface area contributed by atoms with E-state index in [9.17, 15) is 0 Å². The van der Waals surface area contributed by atoms with E-state index in [1.807, 2.05) is 11.3 Å². The third kappa shape index (κ3) is 3.92. The molecule has 8 aromatic carbocycles. The Balaban J connectivity index is 1.26. The zero-order valence-electron chi connectivity index (χ0n) is 25.1. The maximum atomic E-state index is 2.44. The molecule has 0 atom stereocenters. The van der Waals surface area contributed by atoms with Crippen LogP contribution in [0.25, 0.3) is 86.2 Å². The fourth-order valence-electron chi connectivity index (χ4n) is 7.66. The van der Waals surface area contributed by atoms with E-state index >= 15 is 0 Å². The number of hydrogen-bond donors (Lipinski definition) is 0. The Labute approximate surface area is 271 Å². The fraction of sp³-hybridized carbons (Fsp3) is 0.0222. The highest BCUT2D eigenvalue weighted by Gasteiger charge is 2.21. The summed E-state index contributed by atoms with van der Waals surface area (Å²) in [5, 5.41) is 7.76. The van der Waals surface area contributed by atoms with Crippen LogP contribution in [0.15, 0.2) is 158 Å². The van der Waals surface area contributed by atoms with E-state index in [2.05, 4.69) is 158 Å². The molecule has 1 heteroatoms. The molecule has 0 bridgehead atoms. The number of hydrogen-bond acceptors (Lipinski definition) is 1. The average molecular weight is 601 g/mol. The van der Waals surface area contributed by atoms with Crippen LogP contribution >= 0.6 is 11.3 Å². The SMILES string of the molecule is c1ccc2c(c1)Cc1ccc(-c3cc(-c4cccc5ccccc45)cc4c3sc3ccc(-c5cccc6ccccc56)cc34)cc1-2. The highest BCUT2D eigenvalue weighted by atomic mass is 32.1. The van der Waals surface area contributed by atoms with Gasteiger partial charge in [0.05, 0.1) is 0 Å². The molecule has 1 aliphatic rings. The van der Waals surface area contributed by atoms with Gasteiger partial charge in [-0.05, 0) is 108 Å². The van der Waals surface area contributed by atoms with Crippen LogP contribution in [-0.2, 0) is 6.42 Å². The molecule has 0 aliphatic heterocycles. The largest absolute Gasteiger partial charge is 0.135 e. The van der Waals surface area contributed by atoms with Crippen molar-refractivity contribution in [1.82, 2.24) is 0 Å². The predicted molar refractivity (Wildman–Crippen MR) is 199 cm³/mol. The van der Waals surface area contributed by atoms with E-state index in [0.717, 1.165) is 6.42 Å². The molecule has 0 radical (unpaired) electrons. The molecule has 0 fully saturated rings. The smallest absolute Gasteiger partial charge is 0.0434 e. The summed E-state index contributed by atoms with van der Waals surface area (Å²) in [6.45, 7) is 0. The zero-order valence-corrected chi connectivity index (χ0v) is 25.9. The normalized spacial score (nSPS) is 12.3. The second-order valence-corrected chi connectivity index (χ2v) is 13.5. The van der Waals surface area contributed by atoms with E-state index in [1.54, 1.807) is 0 Å². The number of rotatable bonds is 3. The first-order valence-corrected chi connectivity index (χ1v) is 16.8. The second-order valence-electron chi connectivity index (χ2n) is 12.5. The summed E-state index contributed by atoms with van der Waals surface area (Å²) in [5.74, 6) is 0. The molecule has 0 N–H and O–H groups in total. The van der Waals surface area contributed by atoms with Crippen LogP contribution in [0.4, 0.5) is 0 Å². The third-order valence-corrected chi connectivity index (χ3v) is 11.1. The van der Waals surface area contributed by atoms with Crippen LogP contribution in [0.5, 0.6) is 0 Å². The fourth-order valence-corrected chi connectivity index (χ4v) is 8.86. The Hall–Kier alpha value is -5.50. The molecule has 10 rings (SSSR count). The van der Waals surface area contributed by atoms with Gasteiger partial charge in [0.15, 0.2) is 0 Å². The van der Waals surface area contributed by atoms with Crippen molar-refractivity contribution in [3.05, 3.63) is 169 Å². The highest BCUT2D eigenvalue weighted by molar-refractivity contribution is 7.26. The van der Waals surface area contributed by atoms with Crippen molar-refractivity contribution in [3.8, 4) is 44.5 Å². The quantitative estimate of drug-likeness (QED) is 0.189. The Morgan fingerprint density at radius 3 is 1.72 bits per heavy atom. The minimum Gasteiger partial charge on any atom is -0.135 e. The molecule has 0 nitrogen and oxygen atoms in total. The van der Waals surface area contributed by atoms with Crippen LogP contribution < -0.4 is 0 Å². The molecular formula is C45H28S. The second kappa shape index (κ2) is 10.0. The van der Waals surface area contributed by atoms with Crippen molar-refractivity contribution in [2.24, 2.45) is 0 Å². The van der Waals surface area contributed by atoms with Gasteiger partial charge in [-0.15, -0.1) is 11.3 Å². The number of benzene rings is 8. The standard InChI is InChI=1S/C45H28S/c1-4-14-35-28(9-1)12-7-17-37(35)32-21-22-44-42(25-32)43-27-34(39-18-8-13-29-10-2-5-15-36(29)39)26-41(45(43)46-44)33-20-19-31-23-30-11-3-6-16-38(30)40(31)24-33/h1-22,24-27H,23H2. The average Bonchev–Trinajstić information content (AvgIpc) is 3.68. The molecule has 0 spiro atoms. The first kappa shape index (κ1) is 25.8. The van der Waals surface area contributed by atoms with Crippen LogP contribution in [-0.4, -0.2) is 0 Å². The summed E-state index contributed by atoms with van der Waals surface area (Å²) in [6.07, 6.45) is 1.01. The summed E-state index contributed by atoms with van der Waals surface area (Å²) in [5.41, 5.74) is 13.2. The minimum atomic E-state index is 1.01. The summed E-state index contributed by atoms with van der Waals surface area (Å²) in [6, 6.07) is 58.7. The molecule has 0 saturated carbocycles. The van der Waals surface area contributed by atoms with Gasteiger partial charge in [-0.2, -0.15) is 0 Å². The third-order valence-electron chi connectivity index (χ3n) is 9.88. The minimum absolute atomic E-state index is 1.01. The predicted octanol–water partition coefficient (Wildman–Crippen LogP) is 12.9. The monoisotopic (exact) mass is 600 g/mol. The van der Waals surface area contributed by atoms with Gasteiger partial charge in [-0.1, -0.05) is 127 Å². The molecule has 46 heavy (non-hydrogen) atoms. The van der Waals surface area contributed by atoms with Crippen molar-refractivity contribution in [2.45, 2.75) is 6.42 Å². The van der Waals surface area contributed by atoms with Crippen molar-refractivity contribution < 1.29 is 0 Å². The maximum Gasteiger partial charge on any atom is 0.0434 e.